The van der Waals surface area contributed by atoms with Gasteiger partial charge in [0.25, 0.3) is 5.91 Å². The van der Waals surface area contributed by atoms with Gasteiger partial charge in [-0.2, -0.15) is 0 Å². The van der Waals surface area contributed by atoms with Gasteiger partial charge in [0, 0.05) is 10.4 Å². The molecule has 148 valence electrons. The molecular formula is C20H16FN3O3S2. The summed E-state index contributed by atoms with van der Waals surface area (Å²) in [5.74, 6) is -1.13. The van der Waals surface area contributed by atoms with Gasteiger partial charge in [0.15, 0.2) is 11.2 Å². The highest BCUT2D eigenvalue weighted by Gasteiger charge is 2.29. The van der Waals surface area contributed by atoms with E-state index < -0.39 is 18.1 Å². The average molecular weight is 429 g/mol. The van der Waals surface area contributed by atoms with Crippen LogP contribution in [0.25, 0.3) is 21.5 Å². The number of aryl methyl sites for hydroxylation is 1. The molecule has 6 nitrogen and oxygen atoms in total. The van der Waals surface area contributed by atoms with E-state index in [1.54, 1.807) is 18.2 Å². The lowest BCUT2D eigenvalue weighted by atomic mass is 10.1. The first-order chi connectivity index (χ1) is 13.9. The number of aromatic nitrogens is 2. The zero-order chi connectivity index (χ0) is 20.5. The zero-order valence-electron chi connectivity index (χ0n) is 15.2. The minimum atomic E-state index is -1.70. The van der Waals surface area contributed by atoms with Crippen molar-refractivity contribution in [3.8, 4) is 11.3 Å². The molecule has 2 atom stereocenters. The zero-order valence-corrected chi connectivity index (χ0v) is 16.8. The molecule has 4 aromatic rings. The van der Waals surface area contributed by atoms with E-state index in [0.29, 0.717) is 11.2 Å². The normalized spacial score (nSPS) is 13.4. The summed E-state index contributed by atoms with van der Waals surface area (Å²) in [6.45, 7) is 1.83. The lowest BCUT2D eigenvalue weighted by molar-refractivity contribution is -0.129. The molecule has 2 aromatic carbocycles. The Morgan fingerprint density at radius 2 is 1.79 bits per heavy atom. The number of halogens is 1. The summed E-state index contributed by atoms with van der Waals surface area (Å²) in [5.41, 5.74) is 2.03. The van der Waals surface area contributed by atoms with E-state index >= 15 is 0 Å². The molecule has 0 aliphatic rings. The van der Waals surface area contributed by atoms with E-state index in [-0.39, 0.29) is 16.0 Å². The molecule has 0 aliphatic heterocycles. The molecule has 1 amide bonds. The van der Waals surface area contributed by atoms with Crippen molar-refractivity contribution in [2.75, 3.05) is 5.32 Å². The molecule has 2 unspecified atom stereocenters. The number of aliphatic hydroxyl groups is 2. The lowest BCUT2D eigenvalue weighted by Crippen LogP contribution is -2.33. The standard InChI is InChI=1S/C20H16FN3O3S2/c1-10-15(11-6-8-12(21)9-7-11)23-20(28-10)24-18(27)16(25)17(26)19-22-13-4-2-3-5-14(13)29-19/h2-9,16-17,25-26H,1H3,(H,23,24,27). The number of hydrogen-bond donors (Lipinski definition) is 3. The first-order valence-electron chi connectivity index (χ1n) is 8.68. The number of rotatable bonds is 5. The molecule has 2 heterocycles. The third-order valence-corrected chi connectivity index (χ3v) is 6.27. The highest BCUT2D eigenvalue weighted by Crippen LogP contribution is 2.32. The summed E-state index contributed by atoms with van der Waals surface area (Å²) < 4.78 is 14.0. The summed E-state index contributed by atoms with van der Waals surface area (Å²) in [4.78, 5) is 21.9. The smallest absolute Gasteiger partial charge is 0.258 e. The number of hydrogen-bond acceptors (Lipinski definition) is 7. The second-order valence-corrected chi connectivity index (χ2v) is 8.59. The van der Waals surface area contributed by atoms with Gasteiger partial charge in [0.2, 0.25) is 0 Å². The third kappa shape index (κ3) is 4.03. The first kappa shape index (κ1) is 19.6. The second kappa shape index (κ2) is 7.96. The predicted molar refractivity (Wildman–Crippen MR) is 111 cm³/mol. The van der Waals surface area contributed by atoms with Gasteiger partial charge in [0.05, 0.1) is 15.9 Å². The Labute approximate surface area is 173 Å². The molecule has 4 rings (SSSR count). The molecule has 3 N–H and O–H groups in total. The maximum atomic E-state index is 13.1. The van der Waals surface area contributed by atoms with E-state index in [4.69, 9.17) is 0 Å². The number of anilines is 1. The maximum Gasteiger partial charge on any atom is 0.258 e. The van der Waals surface area contributed by atoms with Crippen LogP contribution < -0.4 is 5.32 Å². The van der Waals surface area contributed by atoms with Gasteiger partial charge in [0.1, 0.15) is 16.9 Å². The SMILES string of the molecule is Cc1sc(NC(=O)C(O)C(O)c2nc3ccccc3s2)nc1-c1ccc(F)cc1. The van der Waals surface area contributed by atoms with Crippen LogP contribution in [0.15, 0.2) is 48.5 Å². The number of carbonyl (C=O) groups is 1. The highest BCUT2D eigenvalue weighted by atomic mass is 32.1. The molecule has 29 heavy (non-hydrogen) atoms. The number of nitrogens with one attached hydrogen (secondary N) is 1. The van der Waals surface area contributed by atoms with E-state index in [0.717, 1.165) is 15.1 Å². The predicted octanol–water partition coefficient (Wildman–Crippen LogP) is 3.90. The maximum absolute atomic E-state index is 13.1. The summed E-state index contributed by atoms with van der Waals surface area (Å²) in [6.07, 6.45) is -3.15. The highest BCUT2D eigenvalue weighted by molar-refractivity contribution is 7.18. The largest absolute Gasteiger partial charge is 0.383 e. The fourth-order valence-corrected chi connectivity index (χ4v) is 4.62. The Balaban J connectivity index is 1.49. The summed E-state index contributed by atoms with van der Waals surface area (Å²) in [7, 11) is 0. The number of fused-ring (bicyclic) bond motifs is 1. The van der Waals surface area contributed by atoms with Crippen LogP contribution in [0.3, 0.4) is 0 Å². The van der Waals surface area contributed by atoms with Gasteiger partial charge in [-0.3, -0.25) is 10.1 Å². The number of carbonyl (C=O) groups excluding carboxylic acids is 1. The molecule has 9 heteroatoms. The van der Waals surface area contributed by atoms with Crippen molar-refractivity contribution in [2.45, 2.75) is 19.1 Å². The second-order valence-electron chi connectivity index (χ2n) is 6.33. The van der Waals surface area contributed by atoms with Gasteiger partial charge >= 0.3 is 0 Å². The van der Waals surface area contributed by atoms with E-state index in [1.807, 2.05) is 25.1 Å². The van der Waals surface area contributed by atoms with Crippen LogP contribution in [0.2, 0.25) is 0 Å². The molecule has 0 spiro atoms. The van der Waals surface area contributed by atoms with Crippen molar-refractivity contribution in [3.05, 3.63) is 64.2 Å². The van der Waals surface area contributed by atoms with Crippen molar-refractivity contribution in [1.29, 1.82) is 0 Å². The van der Waals surface area contributed by atoms with E-state index in [9.17, 15) is 19.4 Å². The number of nitrogens with zero attached hydrogens (tertiary/aromatic N) is 2. The minimum Gasteiger partial charge on any atom is -0.383 e. The van der Waals surface area contributed by atoms with Crippen LogP contribution in [0.4, 0.5) is 9.52 Å². The van der Waals surface area contributed by atoms with Gasteiger partial charge in [-0.1, -0.05) is 12.1 Å². The molecule has 0 radical (unpaired) electrons. The monoisotopic (exact) mass is 429 g/mol. The average Bonchev–Trinajstić information content (AvgIpc) is 3.30. The molecule has 0 fully saturated rings. The molecule has 0 bridgehead atoms. The van der Waals surface area contributed by atoms with Crippen LogP contribution >= 0.6 is 22.7 Å². The van der Waals surface area contributed by atoms with Crippen LogP contribution in [0.1, 0.15) is 16.0 Å². The lowest BCUT2D eigenvalue weighted by Gasteiger charge is -2.14. The quantitative estimate of drug-likeness (QED) is 0.447. The number of amides is 1. The summed E-state index contributed by atoms with van der Waals surface area (Å²) >= 11 is 2.45. The van der Waals surface area contributed by atoms with Crippen molar-refractivity contribution in [3.63, 3.8) is 0 Å². The fraction of sp³-hybridized carbons (Fsp3) is 0.150. The van der Waals surface area contributed by atoms with E-state index in [1.165, 1.54) is 34.8 Å². The van der Waals surface area contributed by atoms with E-state index in [2.05, 4.69) is 15.3 Å². The van der Waals surface area contributed by atoms with Crippen LogP contribution in [-0.4, -0.2) is 32.2 Å². The fourth-order valence-electron chi connectivity index (χ4n) is 2.80. The minimum absolute atomic E-state index is 0.260. The van der Waals surface area contributed by atoms with Gasteiger partial charge in [-0.15, -0.1) is 22.7 Å². The molecular weight excluding hydrogens is 413 g/mol. The Morgan fingerprint density at radius 3 is 2.52 bits per heavy atom. The number of aliphatic hydroxyl groups excluding tert-OH is 2. The molecule has 0 saturated carbocycles. The number of thiazole rings is 2. The third-order valence-electron chi connectivity index (χ3n) is 4.28. The first-order valence-corrected chi connectivity index (χ1v) is 10.3. The molecule has 0 aliphatic carbocycles. The van der Waals surface area contributed by atoms with Crippen molar-refractivity contribution >= 4 is 43.9 Å². The summed E-state index contributed by atoms with van der Waals surface area (Å²) in [5, 5.41) is 23.7. The summed E-state index contributed by atoms with van der Waals surface area (Å²) in [6, 6.07) is 13.2. The number of para-hydroxylation sites is 1. The topological polar surface area (TPSA) is 95.3 Å². The van der Waals surface area contributed by atoms with Crippen LogP contribution in [0, 0.1) is 12.7 Å². The Morgan fingerprint density at radius 1 is 1.07 bits per heavy atom. The number of benzene rings is 2. The Bertz CT molecular complexity index is 1140. The Kier molecular flexibility index (Phi) is 5.37. The van der Waals surface area contributed by atoms with Gasteiger partial charge in [-0.05, 0) is 43.3 Å². The Hall–Kier alpha value is -2.72. The molecule has 2 aromatic heterocycles. The van der Waals surface area contributed by atoms with Gasteiger partial charge < -0.3 is 10.2 Å². The van der Waals surface area contributed by atoms with Crippen molar-refractivity contribution < 1.29 is 19.4 Å². The van der Waals surface area contributed by atoms with Crippen LogP contribution in [-0.2, 0) is 4.79 Å². The molecule has 0 saturated heterocycles. The van der Waals surface area contributed by atoms with Crippen molar-refractivity contribution in [2.24, 2.45) is 0 Å². The van der Waals surface area contributed by atoms with Crippen LogP contribution in [0.5, 0.6) is 0 Å². The van der Waals surface area contributed by atoms with Crippen molar-refractivity contribution in [1.82, 2.24) is 9.97 Å². The van der Waals surface area contributed by atoms with Gasteiger partial charge in [-0.25, -0.2) is 14.4 Å².